The molecule has 6 heteroatoms. The quantitative estimate of drug-likeness (QED) is 0.848. The molecule has 0 N–H and O–H groups in total. The molecule has 0 unspecified atom stereocenters. The van der Waals surface area contributed by atoms with E-state index in [0.717, 1.165) is 18.9 Å². The standard InChI is InChI=1S/C12H15BrFNO2S/c1-15(8-9-3-2-4-9)18(16,17)12-6-5-10(14)7-11(12)13/h5-7,9H,2-4,8H2,1H3. The highest BCUT2D eigenvalue weighted by Crippen LogP contribution is 2.30. The topological polar surface area (TPSA) is 37.4 Å². The van der Waals surface area contributed by atoms with E-state index in [1.54, 1.807) is 7.05 Å². The van der Waals surface area contributed by atoms with Crippen LogP contribution in [0, 0.1) is 11.7 Å². The molecule has 1 aromatic rings. The van der Waals surface area contributed by atoms with Gasteiger partial charge >= 0.3 is 0 Å². The van der Waals surface area contributed by atoms with Crippen LogP contribution >= 0.6 is 15.9 Å². The van der Waals surface area contributed by atoms with Gasteiger partial charge in [0.05, 0.1) is 4.90 Å². The Morgan fingerprint density at radius 3 is 2.61 bits per heavy atom. The van der Waals surface area contributed by atoms with Gasteiger partial charge in [0, 0.05) is 18.1 Å². The minimum Gasteiger partial charge on any atom is -0.207 e. The van der Waals surface area contributed by atoms with Crippen LogP contribution in [0.25, 0.3) is 0 Å². The van der Waals surface area contributed by atoms with Crippen molar-refractivity contribution in [1.82, 2.24) is 4.31 Å². The van der Waals surface area contributed by atoms with Crippen LogP contribution < -0.4 is 0 Å². The van der Waals surface area contributed by atoms with E-state index in [0.29, 0.717) is 12.5 Å². The van der Waals surface area contributed by atoms with E-state index in [4.69, 9.17) is 0 Å². The molecule has 2 rings (SSSR count). The average molecular weight is 336 g/mol. The van der Waals surface area contributed by atoms with E-state index in [9.17, 15) is 12.8 Å². The molecule has 0 heterocycles. The van der Waals surface area contributed by atoms with Crippen molar-refractivity contribution >= 4 is 26.0 Å². The first-order valence-electron chi connectivity index (χ1n) is 5.82. The van der Waals surface area contributed by atoms with Gasteiger partial charge in [0.15, 0.2) is 0 Å². The lowest BCUT2D eigenvalue weighted by atomic mass is 9.86. The van der Waals surface area contributed by atoms with Gasteiger partial charge in [-0.05, 0) is 52.9 Å². The van der Waals surface area contributed by atoms with Crippen molar-refractivity contribution in [2.75, 3.05) is 13.6 Å². The van der Waals surface area contributed by atoms with E-state index in [1.165, 1.54) is 22.9 Å². The lowest BCUT2D eigenvalue weighted by molar-refractivity contribution is 0.263. The van der Waals surface area contributed by atoms with Gasteiger partial charge in [-0.2, -0.15) is 0 Å². The normalized spacial score (nSPS) is 16.9. The Bertz CT molecular complexity index is 543. The minimum absolute atomic E-state index is 0.116. The third-order valence-electron chi connectivity index (χ3n) is 3.32. The average Bonchev–Trinajstić information content (AvgIpc) is 2.22. The van der Waals surface area contributed by atoms with Gasteiger partial charge in [-0.15, -0.1) is 0 Å². The number of hydrogen-bond donors (Lipinski definition) is 0. The predicted octanol–water partition coefficient (Wildman–Crippen LogP) is 3.01. The molecule has 18 heavy (non-hydrogen) atoms. The summed E-state index contributed by atoms with van der Waals surface area (Å²) in [4.78, 5) is 0.116. The Balaban J connectivity index is 2.23. The molecular weight excluding hydrogens is 321 g/mol. The van der Waals surface area contributed by atoms with Crippen LogP contribution in [0.4, 0.5) is 4.39 Å². The fourth-order valence-electron chi connectivity index (χ4n) is 1.99. The van der Waals surface area contributed by atoms with E-state index in [-0.39, 0.29) is 9.37 Å². The molecule has 100 valence electrons. The smallest absolute Gasteiger partial charge is 0.207 e. The first-order chi connectivity index (χ1) is 8.41. The van der Waals surface area contributed by atoms with Crippen LogP contribution in [-0.2, 0) is 10.0 Å². The zero-order chi connectivity index (χ0) is 13.3. The summed E-state index contributed by atoms with van der Waals surface area (Å²) in [5.41, 5.74) is 0. The Kier molecular flexibility index (Phi) is 4.08. The van der Waals surface area contributed by atoms with Crippen LogP contribution in [-0.4, -0.2) is 26.3 Å². The maximum absolute atomic E-state index is 13.0. The molecule has 1 fully saturated rings. The van der Waals surface area contributed by atoms with Crippen molar-refractivity contribution in [2.45, 2.75) is 24.2 Å². The first-order valence-corrected chi connectivity index (χ1v) is 8.06. The Hall–Kier alpha value is -0.460. The van der Waals surface area contributed by atoms with E-state index in [1.807, 2.05) is 0 Å². The first kappa shape index (κ1) is 14.0. The van der Waals surface area contributed by atoms with Gasteiger partial charge in [0.1, 0.15) is 5.82 Å². The van der Waals surface area contributed by atoms with Crippen LogP contribution in [0.2, 0.25) is 0 Å². The number of nitrogens with zero attached hydrogens (tertiary/aromatic N) is 1. The van der Waals surface area contributed by atoms with Crippen molar-refractivity contribution in [3.63, 3.8) is 0 Å². The Morgan fingerprint density at radius 1 is 1.44 bits per heavy atom. The van der Waals surface area contributed by atoms with Gasteiger partial charge < -0.3 is 0 Å². The summed E-state index contributed by atoms with van der Waals surface area (Å²) >= 11 is 3.10. The zero-order valence-electron chi connectivity index (χ0n) is 10.1. The third kappa shape index (κ3) is 2.75. The maximum atomic E-state index is 13.0. The summed E-state index contributed by atoms with van der Waals surface area (Å²) in [5, 5.41) is 0. The molecule has 0 bridgehead atoms. The SMILES string of the molecule is CN(CC1CCC1)S(=O)(=O)c1ccc(F)cc1Br. The molecular formula is C12H15BrFNO2S. The highest BCUT2D eigenvalue weighted by Gasteiger charge is 2.28. The summed E-state index contributed by atoms with van der Waals surface area (Å²) in [5.74, 6) is 0.00599. The summed E-state index contributed by atoms with van der Waals surface area (Å²) < 4.78 is 39.2. The molecule has 1 saturated carbocycles. The molecule has 0 radical (unpaired) electrons. The van der Waals surface area contributed by atoms with Gasteiger partial charge in [0.2, 0.25) is 10.0 Å². The molecule has 1 aliphatic rings. The third-order valence-corrected chi connectivity index (χ3v) is 6.12. The minimum atomic E-state index is -3.54. The van der Waals surface area contributed by atoms with Crippen LogP contribution in [0.5, 0.6) is 0 Å². The number of halogens is 2. The Morgan fingerprint density at radius 2 is 2.11 bits per heavy atom. The van der Waals surface area contributed by atoms with Crippen LogP contribution in [0.3, 0.4) is 0 Å². The van der Waals surface area contributed by atoms with Crippen molar-refractivity contribution < 1.29 is 12.8 Å². The summed E-state index contributed by atoms with van der Waals surface area (Å²) in [6, 6.07) is 3.63. The van der Waals surface area contributed by atoms with E-state index in [2.05, 4.69) is 15.9 Å². The van der Waals surface area contributed by atoms with Gasteiger partial charge in [0.25, 0.3) is 0 Å². The van der Waals surface area contributed by atoms with E-state index >= 15 is 0 Å². The molecule has 1 aliphatic carbocycles. The monoisotopic (exact) mass is 335 g/mol. The Labute approximate surface area is 115 Å². The zero-order valence-corrected chi connectivity index (χ0v) is 12.5. The molecule has 0 aromatic heterocycles. The number of rotatable bonds is 4. The number of sulfonamides is 1. The second-order valence-corrected chi connectivity index (χ2v) is 7.52. The van der Waals surface area contributed by atoms with Gasteiger partial charge in [-0.3, -0.25) is 0 Å². The van der Waals surface area contributed by atoms with Crippen molar-refractivity contribution in [1.29, 1.82) is 0 Å². The lowest BCUT2D eigenvalue weighted by Gasteiger charge is -2.29. The fourth-order valence-corrected chi connectivity index (χ4v) is 4.24. The van der Waals surface area contributed by atoms with Crippen LogP contribution in [0.15, 0.2) is 27.6 Å². The lowest BCUT2D eigenvalue weighted by Crippen LogP contribution is -2.34. The van der Waals surface area contributed by atoms with Crippen molar-refractivity contribution in [3.05, 3.63) is 28.5 Å². The van der Waals surface area contributed by atoms with Gasteiger partial charge in [-0.1, -0.05) is 6.42 Å². The second kappa shape index (κ2) is 5.27. The number of hydrogen-bond acceptors (Lipinski definition) is 2. The van der Waals surface area contributed by atoms with Crippen molar-refractivity contribution in [2.24, 2.45) is 5.92 Å². The maximum Gasteiger partial charge on any atom is 0.243 e. The highest BCUT2D eigenvalue weighted by molar-refractivity contribution is 9.10. The summed E-state index contributed by atoms with van der Waals surface area (Å²) in [6.45, 7) is 0.534. The summed E-state index contributed by atoms with van der Waals surface area (Å²) in [7, 11) is -1.97. The second-order valence-electron chi connectivity index (χ2n) is 4.66. The molecule has 0 saturated heterocycles. The molecule has 0 amide bonds. The molecule has 0 spiro atoms. The largest absolute Gasteiger partial charge is 0.243 e. The predicted molar refractivity (Wildman–Crippen MR) is 71.3 cm³/mol. The summed E-state index contributed by atoms with van der Waals surface area (Å²) in [6.07, 6.45) is 3.35. The van der Waals surface area contributed by atoms with E-state index < -0.39 is 15.8 Å². The molecule has 3 nitrogen and oxygen atoms in total. The van der Waals surface area contributed by atoms with Crippen molar-refractivity contribution in [3.8, 4) is 0 Å². The van der Waals surface area contributed by atoms with Gasteiger partial charge in [-0.25, -0.2) is 17.1 Å². The molecule has 0 aliphatic heterocycles. The molecule has 0 atom stereocenters. The number of benzene rings is 1. The van der Waals surface area contributed by atoms with Crippen LogP contribution in [0.1, 0.15) is 19.3 Å². The highest BCUT2D eigenvalue weighted by atomic mass is 79.9. The fraction of sp³-hybridized carbons (Fsp3) is 0.500. The molecule has 1 aromatic carbocycles.